The standard InChI is InChI=1S/C18H31NO/c1-6-11-19-16(5)17-10-9-15(4)13-18(17)20-12-7-8-14(2)3/h9-10,13-14,16,19H,6-8,11-12H2,1-5H3. The molecule has 0 bridgehead atoms. The van der Waals surface area contributed by atoms with Crippen LogP contribution in [-0.4, -0.2) is 13.2 Å². The van der Waals surface area contributed by atoms with Crippen molar-refractivity contribution in [3.05, 3.63) is 29.3 Å². The van der Waals surface area contributed by atoms with E-state index < -0.39 is 0 Å². The summed E-state index contributed by atoms with van der Waals surface area (Å²) in [6, 6.07) is 6.87. The molecule has 0 amide bonds. The molecule has 0 aliphatic heterocycles. The van der Waals surface area contributed by atoms with Crippen molar-refractivity contribution in [2.45, 2.75) is 59.9 Å². The molecule has 114 valence electrons. The fourth-order valence-corrected chi connectivity index (χ4v) is 2.27. The van der Waals surface area contributed by atoms with E-state index in [4.69, 9.17) is 4.74 Å². The summed E-state index contributed by atoms with van der Waals surface area (Å²) in [5.41, 5.74) is 2.53. The smallest absolute Gasteiger partial charge is 0.124 e. The van der Waals surface area contributed by atoms with Gasteiger partial charge in [-0.3, -0.25) is 0 Å². The van der Waals surface area contributed by atoms with Crippen molar-refractivity contribution < 1.29 is 4.74 Å². The molecule has 20 heavy (non-hydrogen) atoms. The quantitative estimate of drug-likeness (QED) is 0.650. The lowest BCUT2D eigenvalue weighted by Crippen LogP contribution is -2.20. The Morgan fingerprint density at radius 2 is 1.95 bits per heavy atom. The molecule has 0 fully saturated rings. The first-order valence-electron chi connectivity index (χ1n) is 8.01. The lowest BCUT2D eigenvalue weighted by molar-refractivity contribution is 0.292. The van der Waals surface area contributed by atoms with Crippen LogP contribution in [0.2, 0.25) is 0 Å². The summed E-state index contributed by atoms with van der Waals surface area (Å²) >= 11 is 0. The van der Waals surface area contributed by atoms with Crippen molar-refractivity contribution >= 4 is 0 Å². The van der Waals surface area contributed by atoms with Gasteiger partial charge in [0.2, 0.25) is 0 Å². The lowest BCUT2D eigenvalue weighted by Gasteiger charge is -2.19. The molecule has 2 nitrogen and oxygen atoms in total. The Balaban J connectivity index is 2.64. The molecule has 0 aliphatic rings. The largest absolute Gasteiger partial charge is 0.493 e. The van der Waals surface area contributed by atoms with Crippen LogP contribution in [-0.2, 0) is 0 Å². The van der Waals surface area contributed by atoms with E-state index in [1.54, 1.807) is 0 Å². The van der Waals surface area contributed by atoms with Gasteiger partial charge in [-0.15, -0.1) is 0 Å². The van der Waals surface area contributed by atoms with E-state index in [1.165, 1.54) is 17.5 Å². The van der Waals surface area contributed by atoms with Crippen LogP contribution >= 0.6 is 0 Å². The molecular formula is C18H31NO. The van der Waals surface area contributed by atoms with Gasteiger partial charge in [0.25, 0.3) is 0 Å². The van der Waals surface area contributed by atoms with E-state index in [0.717, 1.165) is 37.7 Å². The molecule has 1 rings (SSSR count). The molecule has 1 aromatic rings. The first-order chi connectivity index (χ1) is 9.54. The van der Waals surface area contributed by atoms with Gasteiger partial charge >= 0.3 is 0 Å². The topological polar surface area (TPSA) is 21.3 Å². The molecule has 0 saturated carbocycles. The highest BCUT2D eigenvalue weighted by Crippen LogP contribution is 2.26. The Morgan fingerprint density at radius 3 is 2.60 bits per heavy atom. The molecule has 2 heteroatoms. The summed E-state index contributed by atoms with van der Waals surface area (Å²) in [6.45, 7) is 12.9. The van der Waals surface area contributed by atoms with Crippen molar-refractivity contribution in [1.29, 1.82) is 0 Å². The van der Waals surface area contributed by atoms with Gasteiger partial charge in [-0.1, -0.05) is 32.9 Å². The number of hydrogen-bond donors (Lipinski definition) is 1. The van der Waals surface area contributed by atoms with Gasteiger partial charge in [0, 0.05) is 11.6 Å². The van der Waals surface area contributed by atoms with E-state index in [9.17, 15) is 0 Å². The number of benzene rings is 1. The Labute approximate surface area is 124 Å². The second kappa shape index (κ2) is 9.02. The van der Waals surface area contributed by atoms with Gasteiger partial charge < -0.3 is 10.1 Å². The maximum absolute atomic E-state index is 6.03. The molecule has 0 saturated heterocycles. The maximum Gasteiger partial charge on any atom is 0.124 e. The summed E-state index contributed by atoms with van der Waals surface area (Å²) in [7, 11) is 0. The van der Waals surface area contributed by atoms with Crippen molar-refractivity contribution in [2.24, 2.45) is 5.92 Å². The van der Waals surface area contributed by atoms with E-state index >= 15 is 0 Å². The number of rotatable bonds is 9. The molecular weight excluding hydrogens is 246 g/mol. The third-order valence-electron chi connectivity index (χ3n) is 3.52. The third kappa shape index (κ3) is 5.96. The average molecular weight is 277 g/mol. The van der Waals surface area contributed by atoms with Gasteiger partial charge in [-0.25, -0.2) is 0 Å². The molecule has 1 atom stereocenters. The van der Waals surface area contributed by atoms with Crippen LogP contribution in [0.25, 0.3) is 0 Å². The highest BCUT2D eigenvalue weighted by molar-refractivity contribution is 5.39. The van der Waals surface area contributed by atoms with Gasteiger partial charge in [0.05, 0.1) is 6.61 Å². The first kappa shape index (κ1) is 17.0. The summed E-state index contributed by atoms with van der Waals surface area (Å²) in [6.07, 6.45) is 3.51. The van der Waals surface area contributed by atoms with Crippen LogP contribution in [0.3, 0.4) is 0 Å². The van der Waals surface area contributed by atoms with Crippen molar-refractivity contribution in [3.63, 3.8) is 0 Å². The highest BCUT2D eigenvalue weighted by atomic mass is 16.5. The molecule has 0 radical (unpaired) electrons. The summed E-state index contributed by atoms with van der Waals surface area (Å²) in [5.74, 6) is 1.80. The summed E-state index contributed by atoms with van der Waals surface area (Å²) < 4.78 is 6.03. The van der Waals surface area contributed by atoms with E-state index in [1.807, 2.05) is 0 Å². The molecule has 0 spiro atoms. The van der Waals surface area contributed by atoms with Gasteiger partial charge in [-0.05, 0) is 57.2 Å². The Morgan fingerprint density at radius 1 is 1.20 bits per heavy atom. The van der Waals surface area contributed by atoms with Gasteiger partial charge in [0.15, 0.2) is 0 Å². The Bertz CT molecular complexity index is 387. The molecule has 0 aromatic heterocycles. The average Bonchev–Trinajstić information content (AvgIpc) is 2.41. The van der Waals surface area contributed by atoms with Gasteiger partial charge in [0.1, 0.15) is 5.75 Å². The molecule has 0 aliphatic carbocycles. The fourth-order valence-electron chi connectivity index (χ4n) is 2.27. The highest BCUT2D eigenvalue weighted by Gasteiger charge is 2.11. The van der Waals surface area contributed by atoms with Crippen LogP contribution < -0.4 is 10.1 Å². The second-order valence-corrected chi connectivity index (χ2v) is 6.10. The Hall–Kier alpha value is -1.02. The molecule has 1 N–H and O–H groups in total. The zero-order chi connectivity index (χ0) is 15.0. The summed E-state index contributed by atoms with van der Waals surface area (Å²) in [4.78, 5) is 0. The zero-order valence-electron chi connectivity index (χ0n) is 13.8. The molecule has 1 unspecified atom stereocenters. The van der Waals surface area contributed by atoms with E-state index in [-0.39, 0.29) is 0 Å². The summed E-state index contributed by atoms with van der Waals surface area (Å²) in [5, 5.41) is 3.54. The molecule has 0 heterocycles. The monoisotopic (exact) mass is 277 g/mol. The number of ether oxygens (including phenoxy) is 1. The lowest BCUT2D eigenvalue weighted by atomic mass is 10.0. The SMILES string of the molecule is CCCNC(C)c1ccc(C)cc1OCCCC(C)C. The Kier molecular flexibility index (Phi) is 7.68. The van der Waals surface area contributed by atoms with Crippen molar-refractivity contribution in [1.82, 2.24) is 5.32 Å². The minimum atomic E-state index is 0.343. The normalized spacial score (nSPS) is 12.7. The minimum Gasteiger partial charge on any atom is -0.493 e. The predicted molar refractivity (Wildman–Crippen MR) is 87.5 cm³/mol. The van der Waals surface area contributed by atoms with Crippen molar-refractivity contribution in [2.75, 3.05) is 13.2 Å². The van der Waals surface area contributed by atoms with E-state index in [0.29, 0.717) is 6.04 Å². The number of nitrogens with one attached hydrogen (secondary N) is 1. The minimum absolute atomic E-state index is 0.343. The van der Waals surface area contributed by atoms with Crippen LogP contribution in [0, 0.1) is 12.8 Å². The zero-order valence-corrected chi connectivity index (χ0v) is 13.8. The van der Waals surface area contributed by atoms with Crippen LogP contribution in [0.15, 0.2) is 18.2 Å². The number of hydrogen-bond acceptors (Lipinski definition) is 2. The van der Waals surface area contributed by atoms with E-state index in [2.05, 4.69) is 58.1 Å². The van der Waals surface area contributed by atoms with Crippen LogP contribution in [0.4, 0.5) is 0 Å². The fraction of sp³-hybridized carbons (Fsp3) is 0.667. The van der Waals surface area contributed by atoms with Crippen molar-refractivity contribution in [3.8, 4) is 5.75 Å². The first-order valence-corrected chi connectivity index (χ1v) is 8.01. The second-order valence-electron chi connectivity index (χ2n) is 6.10. The third-order valence-corrected chi connectivity index (χ3v) is 3.52. The van der Waals surface area contributed by atoms with Crippen LogP contribution in [0.5, 0.6) is 5.75 Å². The van der Waals surface area contributed by atoms with Gasteiger partial charge in [-0.2, -0.15) is 0 Å². The molecule has 1 aromatic carbocycles. The predicted octanol–water partition coefficient (Wildman–Crippen LogP) is 4.87. The number of aryl methyl sites for hydroxylation is 1. The maximum atomic E-state index is 6.03. The van der Waals surface area contributed by atoms with Crippen LogP contribution in [0.1, 0.15) is 64.1 Å².